The maximum Gasteiger partial charge on any atom is 0.242 e. The molecule has 2 heterocycles. The van der Waals surface area contributed by atoms with Crippen LogP contribution >= 0.6 is 0 Å². The molecule has 0 N–H and O–H groups in total. The van der Waals surface area contributed by atoms with Crippen molar-refractivity contribution in [2.24, 2.45) is 0 Å². The molecule has 2 aliphatic rings. The third-order valence-electron chi connectivity index (χ3n) is 7.29. The monoisotopic (exact) mass is 402 g/mol. The molecule has 5 aromatic rings. The summed E-state index contributed by atoms with van der Waals surface area (Å²) in [6, 6.07) is 44.8. The molecule has 7 rings (SSSR count). The predicted molar refractivity (Wildman–Crippen MR) is 140 cm³/mol. The van der Waals surface area contributed by atoms with Crippen molar-refractivity contribution < 1.29 is 0 Å². The van der Waals surface area contributed by atoms with E-state index in [4.69, 9.17) is 0 Å². The molecule has 0 nitrogen and oxygen atoms in total. The van der Waals surface area contributed by atoms with Crippen LogP contribution in [0.25, 0.3) is 22.3 Å². The van der Waals surface area contributed by atoms with Gasteiger partial charge in [0.25, 0.3) is 0 Å². The van der Waals surface area contributed by atoms with E-state index in [1.165, 1.54) is 55.0 Å². The Hall–Kier alpha value is -3.77. The van der Waals surface area contributed by atoms with Gasteiger partial charge in [0.05, 0.1) is 0 Å². The van der Waals surface area contributed by atoms with E-state index >= 15 is 0 Å². The van der Waals surface area contributed by atoms with E-state index < -0.39 is 0 Å². The average molecular weight is 402 g/mol. The van der Waals surface area contributed by atoms with Crippen molar-refractivity contribution in [1.82, 2.24) is 0 Å². The first kappa shape index (κ1) is 17.9. The molecule has 0 aliphatic carbocycles. The Morgan fingerprint density at radius 2 is 0.469 bits per heavy atom. The van der Waals surface area contributed by atoms with Crippen LogP contribution < -0.4 is 32.8 Å². The number of hydrogen-bond donors (Lipinski definition) is 0. The molecule has 0 unspecified atom stereocenters. The van der Waals surface area contributed by atoms with Gasteiger partial charge in [0, 0.05) is 0 Å². The van der Waals surface area contributed by atoms with Crippen molar-refractivity contribution in [3.63, 3.8) is 0 Å². The molecular weight excluding hydrogens is 382 g/mol. The van der Waals surface area contributed by atoms with Gasteiger partial charge in [0.1, 0.15) is 0 Å². The molecule has 0 spiro atoms. The van der Waals surface area contributed by atoms with Gasteiger partial charge in [0.2, 0.25) is 13.4 Å². The minimum absolute atomic E-state index is 0.263. The predicted octanol–water partition coefficient (Wildman–Crippen LogP) is 2.68. The van der Waals surface area contributed by atoms with Gasteiger partial charge in [-0.25, -0.2) is 0 Å². The molecule has 0 bridgehead atoms. The van der Waals surface area contributed by atoms with Crippen LogP contribution in [0, 0.1) is 0 Å². The highest BCUT2D eigenvalue weighted by Gasteiger charge is 2.39. The zero-order valence-electron chi connectivity index (χ0n) is 17.7. The van der Waals surface area contributed by atoms with Crippen molar-refractivity contribution in [2.45, 2.75) is 0 Å². The molecular formula is C30H20B2. The fourth-order valence-electron chi connectivity index (χ4n) is 6.02. The van der Waals surface area contributed by atoms with Gasteiger partial charge in [0.15, 0.2) is 0 Å². The molecule has 0 fully saturated rings. The van der Waals surface area contributed by atoms with Gasteiger partial charge in [-0.05, 0) is 22.3 Å². The standard InChI is InChI=1S/C30H20B2/c1-5-15-25-21(11-1)22-12-2-6-16-26(22)31(25)29-19-9-10-20-30(29)32-27-17-7-3-13-23(27)24-14-4-8-18-28(24)32/h1-20H. The van der Waals surface area contributed by atoms with Crippen LogP contribution in [-0.2, 0) is 0 Å². The molecule has 2 aliphatic heterocycles. The molecule has 146 valence electrons. The first-order valence-electron chi connectivity index (χ1n) is 11.4. The van der Waals surface area contributed by atoms with E-state index in [-0.39, 0.29) is 13.4 Å². The summed E-state index contributed by atoms with van der Waals surface area (Å²) in [7, 11) is 0. The summed E-state index contributed by atoms with van der Waals surface area (Å²) in [4.78, 5) is 0. The van der Waals surface area contributed by atoms with Crippen molar-refractivity contribution in [1.29, 1.82) is 0 Å². The molecule has 0 aromatic heterocycles. The first-order chi connectivity index (χ1) is 15.9. The molecule has 32 heavy (non-hydrogen) atoms. The second kappa shape index (κ2) is 6.87. The van der Waals surface area contributed by atoms with Crippen LogP contribution in [0.2, 0.25) is 0 Å². The highest BCUT2D eigenvalue weighted by Crippen LogP contribution is 2.24. The molecule has 0 amide bonds. The highest BCUT2D eigenvalue weighted by atomic mass is 14.2. The van der Waals surface area contributed by atoms with E-state index in [1.807, 2.05) is 0 Å². The summed E-state index contributed by atoms with van der Waals surface area (Å²) in [5, 5.41) is 0. The van der Waals surface area contributed by atoms with Crippen molar-refractivity contribution in [2.75, 3.05) is 0 Å². The lowest BCUT2D eigenvalue weighted by molar-refractivity contribution is 1.71. The summed E-state index contributed by atoms with van der Waals surface area (Å²) < 4.78 is 0. The summed E-state index contributed by atoms with van der Waals surface area (Å²) in [6.07, 6.45) is 0. The van der Waals surface area contributed by atoms with Gasteiger partial charge in [-0.1, -0.05) is 154 Å². The Morgan fingerprint density at radius 1 is 0.250 bits per heavy atom. The summed E-state index contributed by atoms with van der Waals surface area (Å²) in [6.45, 7) is 0.525. The third kappa shape index (κ3) is 2.41. The lowest BCUT2D eigenvalue weighted by atomic mass is 9.30. The van der Waals surface area contributed by atoms with E-state index in [1.54, 1.807) is 0 Å². The molecule has 0 atom stereocenters. The number of hydrogen-bond acceptors (Lipinski definition) is 0. The number of rotatable bonds is 2. The van der Waals surface area contributed by atoms with Crippen LogP contribution in [0.5, 0.6) is 0 Å². The Labute approximate surface area is 189 Å². The zero-order valence-corrected chi connectivity index (χ0v) is 17.7. The van der Waals surface area contributed by atoms with Crippen molar-refractivity contribution >= 4 is 46.2 Å². The fraction of sp³-hybridized carbons (Fsp3) is 0. The lowest BCUT2D eigenvalue weighted by Gasteiger charge is -2.20. The average Bonchev–Trinajstić information content (AvgIpc) is 3.37. The molecule has 0 saturated carbocycles. The van der Waals surface area contributed by atoms with Crippen LogP contribution in [0.1, 0.15) is 0 Å². The van der Waals surface area contributed by atoms with E-state index in [2.05, 4.69) is 121 Å². The van der Waals surface area contributed by atoms with Gasteiger partial charge >= 0.3 is 0 Å². The Kier molecular flexibility index (Phi) is 3.83. The molecule has 5 aromatic carbocycles. The van der Waals surface area contributed by atoms with Gasteiger partial charge in [-0.15, -0.1) is 0 Å². The van der Waals surface area contributed by atoms with Crippen LogP contribution in [0.4, 0.5) is 0 Å². The normalized spacial score (nSPS) is 12.9. The molecule has 0 saturated heterocycles. The lowest BCUT2D eigenvalue weighted by Crippen LogP contribution is -2.62. The van der Waals surface area contributed by atoms with Gasteiger partial charge in [-0.3, -0.25) is 0 Å². The van der Waals surface area contributed by atoms with Crippen LogP contribution in [0.3, 0.4) is 0 Å². The smallest absolute Gasteiger partial charge is 0.0732 e. The maximum atomic E-state index is 2.35. The molecule has 2 heteroatoms. The second-order valence-electron chi connectivity index (χ2n) is 8.84. The van der Waals surface area contributed by atoms with Crippen LogP contribution in [-0.4, -0.2) is 13.4 Å². The van der Waals surface area contributed by atoms with Crippen molar-refractivity contribution in [3.8, 4) is 22.3 Å². The van der Waals surface area contributed by atoms with E-state index in [0.717, 1.165) is 0 Å². The minimum atomic E-state index is 0.263. The second-order valence-corrected chi connectivity index (χ2v) is 8.84. The molecule has 0 radical (unpaired) electrons. The maximum absolute atomic E-state index is 2.35. The zero-order chi connectivity index (χ0) is 21.1. The van der Waals surface area contributed by atoms with E-state index in [0.29, 0.717) is 0 Å². The fourth-order valence-corrected chi connectivity index (χ4v) is 6.02. The minimum Gasteiger partial charge on any atom is -0.0732 e. The Balaban J connectivity index is 1.50. The summed E-state index contributed by atoms with van der Waals surface area (Å²) in [5.74, 6) is 0. The van der Waals surface area contributed by atoms with Crippen molar-refractivity contribution in [3.05, 3.63) is 121 Å². The van der Waals surface area contributed by atoms with Gasteiger partial charge < -0.3 is 0 Å². The third-order valence-corrected chi connectivity index (χ3v) is 7.29. The van der Waals surface area contributed by atoms with E-state index in [9.17, 15) is 0 Å². The summed E-state index contributed by atoms with van der Waals surface area (Å²) in [5.41, 5.74) is 14.0. The van der Waals surface area contributed by atoms with Gasteiger partial charge in [-0.2, -0.15) is 0 Å². The quantitative estimate of drug-likeness (QED) is 0.391. The SMILES string of the molecule is c1ccc(B2c3ccccc3-c3ccccc32)c(B2c3ccccc3-c3ccccc32)c1. The Bertz CT molecular complexity index is 1300. The highest BCUT2D eigenvalue weighted by molar-refractivity contribution is 7.07. The number of benzene rings is 5. The topological polar surface area (TPSA) is 0 Å². The largest absolute Gasteiger partial charge is 0.242 e. The first-order valence-corrected chi connectivity index (χ1v) is 11.4. The number of fused-ring (bicyclic) bond motifs is 6. The summed E-state index contributed by atoms with van der Waals surface area (Å²) >= 11 is 0. The van der Waals surface area contributed by atoms with Crippen LogP contribution in [0.15, 0.2) is 121 Å². The Morgan fingerprint density at radius 3 is 0.750 bits per heavy atom.